The molecule has 2 aromatic carbocycles. The topological polar surface area (TPSA) is 79.8 Å². The molecule has 0 bridgehead atoms. The number of amidine groups is 1. The molecule has 2 N–H and O–H groups in total. The van der Waals surface area contributed by atoms with Gasteiger partial charge >= 0.3 is 0 Å². The van der Waals surface area contributed by atoms with E-state index in [-0.39, 0.29) is 18.2 Å². The normalized spacial score (nSPS) is 17.8. The quantitative estimate of drug-likeness (QED) is 0.818. The second kappa shape index (κ2) is 8.25. The Kier molecular flexibility index (Phi) is 5.80. The summed E-state index contributed by atoms with van der Waals surface area (Å²) in [5.74, 6) is 0.149. The van der Waals surface area contributed by atoms with Crippen LogP contribution in [0.4, 0.5) is 11.4 Å². The molecular weight excluding hydrogens is 374 g/mol. The molecule has 0 aromatic heterocycles. The van der Waals surface area contributed by atoms with E-state index >= 15 is 0 Å². The molecule has 1 heterocycles. The maximum atomic E-state index is 12.2. The summed E-state index contributed by atoms with van der Waals surface area (Å²) in [4.78, 5) is 28.7. The smallest absolute Gasteiger partial charge is 0.240 e. The number of benzene rings is 2. The average Bonchev–Trinajstić information content (AvgIpc) is 2.96. The van der Waals surface area contributed by atoms with Gasteiger partial charge in [0.05, 0.1) is 23.5 Å². The predicted octanol–water partition coefficient (Wildman–Crippen LogP) is 3.60. The van der Waals surface area contributed by atoms with Crippen molar-refractivity contribution in [2.24, 2.45) is 4.99 Å². The molecule has 3 rings (SSSR count). The van der Waals surface area contributed by atoms with Crippen molar-refractivity contribution in [1.82, 2.24) is 5.32 Å². The summed E-state index contributed by atoms with van der Waals surface area (Å²) in [7, 11) is 1.58. The number of anilines is 1. The van der Waals surface area contributed by atoms with Crippen molar-refractivity contribution in [1.29, 1.82) is 0 Å². The van der Waals surface area contributed by atoms with Crippen LogP contribution in [-0.2, 0) is 9.59 Å². The fraction of sp³-hybridized carbons (Fsp3) is 0.167. The standard InChI is InChI=1S/C18H16ClN3O3S/c1-25-12-6-4-5-11(9-12)20-18-22-17(24)15(26-18)10-16(23)21-14-8-3-2-7-13(14)19/h2-9,15H,10H2,1H3,(H,21,23)(H,20,22,24)/t15-/m0/s1. The molecule has 1 atom stereocenters. The Morgan fingerprint density at radius 2 is 2.12 bits per heavy atom. The van der Waals surface area contributed by atoms with Gasteiger partial charge in [-0.2, -0.15) is 0 Å². The molecule has 1 aliphatic rings. The van der Waals surface area contributed by atoms with Gasteiger partial charge in [-0.3, -0.25) is 9.59 Å². The second-order valence-corrected chi connectivity index (χ2v) is 7.04. The van der Waals surface area contributed by atoms with Gasteiger partial charge in [0.1, 0.15) is 11.0 Å². The van der Waals surface area contributed by atoms with E-state index in [0.717, 1.165) is 0 Å². The van der Waals surface area contributed by atoms with E-state index in [4.69, 9.17) is 16.3 Å². The molecule has 2 aromatic rings. The molecule has 8 heteroatoms. The van der Waals surface area contributed by atoms with E-state index < -0.39 is 5.25 Å². The van der Waals surface area contributed by atoms with Crippen molar-refractivity contribution >= 4 is 51.7 Å². The number of thioether (sulfide) groups is 1. The third-order valence-corrected chi connectivity index (χ3v) is 4.99. The van der Waals surface area contributed by atoms with Crippen molar-refractivity contribution in [3.8, 4) is 5.75 Å². The van der Waals surface area contributed by atoms with Crippen LogP contribution in [0.3, 0.4) is 0 Å². The molecule has 1 fully saturated rings. The van der Waals surface area contributed by atoms with Gasteiger partial charge in [-0.1, -0.05) is 41.6 Å². The van der Waals surface area contributed by atoms with Gasteiger partial charge in [0.25, 0.3) is 0 Å². The van der Waals surface area contributed by atoms with Gasteiger partial charge in [-0.25, -0.2) is 4.99 Å². The fourth-order valence-corrected chi connectivity index (χ4v) is 3.49. The van der Waals surface area contributed by atoms with E-state index in [1.165, 1.54) is 11.8 Å². The number of rotatable bonds is 5. The number of nitrogens with zero attached hydrogens (tertiary/aromatic N) is 1. The summed E-state index contributed by atoms with van der Waals surface area (Å²) in [6.07, 6.45) is 0.0266. The lowest BCUT2D eigenvalue weighted by Crippen LogP contribution is -2.28. The molecule has 6 nitrogen and oxygen atoms in total. The summed E-state index contributed by atoms with van der Waals surface area (Å²) in [6, 6.07) is 14.1. The number of para-hydroxylation sites is 1. The zero-order valence-electron chi connectivity index (χ0n) is 13.9. The first-order valence-corrected chi connectivity index (χ1v) is 9.05. The molecule has 0 aliphatic carbocycles. The van der Waals surface area contributed by atoms with Gasteiger partial charge < -0.3 is 15.4 Å². The Labute approximate surface area is 160 Å². The van der Waals surface area contributed by atoms with Gasteiger partial charge in [-0.05, 0) is 24.3 Å². The predicted molar refractivity (Wildman–Crippen MR) is 104 cm³/mol. The third-order valence-electron chi connectivity index (χ3n) is 3.58. The summed E-state index contributed by atoms with van der Waals surface area (Å²) < 4.78 is 5.15. The maximum Gasteiger partial charge on any atom is 0.240 e. The lowest BCUT2D eigenvalue weighted by atomic mass is 10.2. The molecule has 2 amide bonds. The van der Waals surface area contributed by atoms with Crippen LogP contribution in [0.15, 0.2) is 53.5 Å². The molecule has 1 saturated heterocycles. The maximum absolute atomic E-state index is 12.2. The first-order chi connectivity index (χ1) is 12.5. The molecule has 0 unspecified atom stereocenters. The zero-order chi connectivity index (χ0) is 18.5. The number of aliphatic imine (C=N–C) groups is 1. The number of carbonyl (C=O) groups excluding carboxylic acids is 2. The molecule has 0 spiro atoms. The number of carbonyl (C=O) groups is 2. The lowest BCUT2D eigenvalue weighted by molar-refractivity contribution is -0.122. The zero-order valence-corrected chi connectivity index (χ0v) is 15.4. The third kappa shape index (κ3) is 4.56. The van der Waals surface area contributed by atoms with Crippen molar-refractivity contribution in [3.63, 3.8) is 0 Å². The number of methoxy groups -OCH3 is 1. The highest BCUT2D eigenvalue weighted by Gasteiger charge is 2.32. The SMILES string of the molecule is COc1cccc(N=C2NC(=O)[C@H](CC(=O)Nc3ccccc3Cl)S2)c1. The van der Waals surface area contributed by atoms with E-state index in [1.54, 1.807) is 43.5 Å². The highest BCUT2D eigenvalue weighted by Crippen LogP contribution is 2.27. The minimum absolute atomic E-state index is 0.0266. The van der Waals surface area contributed by atoms with E-state index in [0.29, 0.717) is 27.3 Å². The van der Waals surface area contributed by atoms with Gasteiger partial charge in [-0.15, -0.1) is 0 Å². The van der Waals surface area contributed by atoms with Crippen molar-refractivity contribution in [2.75, 3.05) is 12.4 Å². The minimum Gasteiger partial charge on any atom is -0.497 e. The monoisotopic (exact) mass is 389 g/mol. The van der Waals surface area contributed by atoms with Crippen LogP contribution in [-0.4, -0.2) is 29.3 Å². The van der Waals surface area contributed by atoms with Crippen LogP contribution in [0.2, 0.25) is 5.02 Å². The van der Waals surface area contributed by atoms with E-state index in [1.807, 2.05) is 12.1 Å². The van der Waals surface area contributed by atoms with E-state index in [2.05, 4.69) is 15.6 Å². The molecule has 26 heavy (non-hydrogen) atoms. The molecule has 1 aliphatic heterocycles. The van der Waals surface area contributed by atoms with Crippen LogP contribution in [0.1, 0.15) is 6.42 Å². The van der Waals surface area contributed by atoms with Crippen LogP contribution in [0.25, 0.3) is 0 Å². The minimum atomic E-state index is -0.540. The molecule has 0 radical (unpaired) electrons. The number of halogens is 1. The Morgan fingerprint density at radius 1 is 1.31 bits per heavy atom. The first kappa shape index (κ1) is 18.3. The summed E-state index contributed by atoms with van der Waals surface area (Å²) in [6.45, 7) is 0. The lowest BCUT2D eigenvalue weighted by Gasteiger charge is -2.08. The van der Waals surface area contributed by atoms with Crippen LogP contribution in [0, 0.1) is 0 Å². The van der Waals surface area contributed by atoms with Crippen molar-refractivity contribution < 1.29 is 14.3 Å². The Morgan fingerprint density at radius 3 is 2.88 bits per heavy atom. The summed E-state index contributed by atoms with van der Waals surface area (Å²) >= 11 is 7.25. The second-order valence-electron chi connectivity index (χ2n) is 5.45. The number of nitrogens with one attached hydrogen (secondary N) is 2. The summed E-state index contributed by atoms with van der Waals surface area (Å²) in [5, 5.41) is 5.78. The average molecular weight is 390 g/mol. The Hall–Kier alpha value is -2.51. The van der Waals surface area contributed by atoms with Crippen LogP contribution < -0.4 is 15.4 Å². The number of hydrogen-bond donors (Lipinski definition) is 2. The van der Waals surface area contributed by atoms with Gasteiger partial charge in [0.2, 0.25) is 11.8 Å². The van der Waals surface area contributed by atoms with Crippen molar-refractivity contribution in [2.45, 2.75) is 11.7 Å². The highest BCUT2D eigenvalue weighted by molar-refractivity contribution is 8.15. The molecule has 134 valence electrons. The van der Waals surface area contributed by atoms with E-state index in [9.17, 15) is 9.59 Å². The van der Waals surface area contributed by atoms with Crippen LogP contribution in [0.5, 0.6) is 5.75 Å². The largest absolute Gasteiger partial charge is 0.497 e. The van der Waals surface area contributed by atoms with Crippen molar-refractivity contribution in [3.05, 3.63) is 53.6 Å². The molecular formula is C18H16ClN3O3S. The Balaban J connectivity index is 1.63. The van der Waals surface area contributed by atoms with Gasteiger partial charge in [0.15, 0.2) is 5.17 Å². The van der Waals surface area contributed by atoms with Crippen LogP contribution >= 0.6 is 23.4 Å². The number of amides is 2. The molecule has 0 saturated carbocycles. The Bertz CT molecular complexity index is 872. The fourth-order valence-electron chi connectivity index (χ4n) is 2.32. The van der Waals surface area contributed by atoms with Gasteiger partial charge in [0, 0.05) is 12.5 Å². The number of ether oxygens (including phenoxy) is 1. The highest BCUT2D eigenvalue weighted by atomic mass is 35.5. The first-order valence-electron chi connectivity index (χ1n) is 7.80. The number of hydrogen-bond acceptors (Lipinski definition) is 5. The summed E-state index contributed by atoms with van der Waals surface area (Å²) in [5.41, 5.74) is 1.18.